The van der Waals surface area contributed by atoms with Crippen molar-refractivity contribution in [3.05, 3.63) is 70.2 Å². The average molecular weight is 352 g/mol. The summed E-state index contributed by atoms with van der Waals surface area (Å²) in [4.78, 5) is 0. The Balaban J connectivity index is 1.82. The molecular weight excluding hydrogens is 332 g/mol. The molecule has 0 fully saturated rings. The topological polar surface area (TPSA) is 0 Å². The maximum atomic E-state index is 6.14. The number of hydrogen-bond acceptors (Lipinski definition) is 0. The summed E-state index contributed by atoms with van der Waals surface area (Å²) in [5.74, 6) is 1.29. The first-order valence-electron chi connectivity index (χ1n) is 7.13. The maximum absolute atomic E-state index is 6.14. The predicted molar refractivity (Wildman–Crippen MR) is 91.4 cm³/mol. The van der Waals surface area contributed by atoms with Gasteiger partial charge in [0.05, 0.1) is 0 Å². The molecular formula is C18H20BrCl. The van der Waals surface area contributed by atoms with E-state index in [0.29, 0.717) is 5.92 Å². The zero-order valence-corrected chi connectivity index (χ0v) is 13.9. The minimum absolute atomic E-state index is 0.555. The summed E-state index contributed by atoms with van der Waals surface area (Å²) in [6.07, 6.45) is 4.58. The van der Waals surface area contributed by atoms with Crippen LogP contribution in [0.2, 0.25) is 0 Å². The fourth-order valence-corrected chi connectivity index (χ4v) is 3.16. The Morgan fingerprint density at radius 1 is 0.950 bits per heavy atom. The van der Waals surface area contributed by atoms with E-state index in [0.717, 1.165) is 18.7 Å². The maximum Gasteiger partial charge on any atom is 0.0254 e. The van der Waals surface area contributed by atoms with Crippen molar-refractivity contribution < 1.29 is 0 Å². The number of rotatable bonds is 7. The second-order valence-corrected chi connectivity index (χ2v) is 6.36. The number of aryl methyl sites for hydroxylation is 1. The van der Waals surface area contributed by atoms with Crippen LogP contribution in [0.1, 0.15) is 24.0 Å². The zero-order chi connectivity index (χ0) is 14.2. The average Bonchev–Trinajstić information content (AvgIpc) is 2.49. The molecule has 0 radical (unpaired) electrons. The minimum atomic E-state index is 0.555. The van der Waals surface area contributed by atoms with Gasteiger partial charge in [0.1, 0.15) is 0 Å². The van der Waals surface area contributed by atoms with Crippen LogP contribution in [0, 0.1) is 5.92 Å². The van der Waals surface area contributed by atoms with E-state index >= 15 is 0 Å². The molecule has 0 aliphatic carbocycles. The lowest BCUT2D eigenvalue weighted by Crippen LogP contribution is -2.07. The summed E-state index contributed by atoms with van der Waals surface area (Å²) in [5.41, 5.74) is 2.78. The molecule has 0 amide bonds. The van der Waals surface area contributed by atoms with E-state index in [1.165, 1.54) is 28.4 Å². The van der Waals surface area contributed by atoms with E-state index in [1.54, 1.807) is 0 Å². The number of benzene rings is 2. The Hall–Kier alpha value is -0.790. The summed E-state index contributed by atoms with van der Waals surface area (Å²) < 4.78 is 1.19. The van der Waals surface area contributed by atoms with Gasteiger partial charge in [-0.15, -0.1) is 11.6 Å². The Morgan fingerprint density at radius 2 is 1.65 bits per heavy atom. The fraction of sp³-hybridized carbons (Fsp3) is 0.333. The molecule has 0 heterocycles. The summed E-state index contributed by atoms with van der Waals surface area (Å²) >= 11 is 9.75. The third-order valence-electron chi connectivity index (χ3n) is 3.61. The van der Waals surface area contributed by atoms with E-state index in [9.17, 15) is 0 Å². The van der Waals surface area contributed by atoms with Crippen LogP contribution in [0.25, 0.3) is 0 Å². The second kappa shape index (κ2) is 8.49. The molecule has 0 bridgehead atoms. The highest BCUT2D eigenvalue weighted by Crippen LogP contribution is 2.23. The number of alkyl halides is 1. The lowest BCUT2D eigenvalue weighted by molar-refractivity contribution is 0.512. The van der Waals surface area contributed by atoms with Gasteiger partial charge in [-0.05, 0) is 48.8 Å². The third kappa shape index (κ3) is 4.96. The summed E-state index contributed by atoms with van der Waals surface area (Å²) in [6, 6.07) is 19.1. The van der Waals surface area contributed by atoms with Gasteiger partial charge in [0.25, 0.3) is 0 Å². The van der Waals surface area contributed by atoms with Crippen molar-refractivity contribution in [2.45, 2.75) is 25.7 Å². The van der Waals surface area contributed by atoms with E-state index in [1.807, 2.05) is 0 Å². The van der Waals surface area contributed by atoms with Gasteiger partial charge in [0.15, 0.2) is 0 Å². The quantitative estimate of drug-likeness (QED) is 0.547. The summed E-state index contributed by atoms with van der Waals surface area (Å²) in [7, 11) is 0. The summed E-state index contributed by atoms with van der Waals surface area (Å²) in [5, 5.41) is 0. The van der Waals surface area contributed by atoms with Crippen LogP contribution in [0.5, 0.6) is 0 Å². The van der Waals surface area contributed by atoms with Crippen molar-refractivity contribution in [1.29, 1.82) is 0 Å². The van der Waals surface area contributed by atoms with Gasteiger partial charge in [-0.25, -0.2) is 0 Å². The predicted octanol–water partition coefficient (Wildman–Crippen LogP) is 5.87. The molecule has 106 valence electrons. The molecule has 0 nitrogen and oxygen atoms in total. The van der Waals surface area contributed by atoms with Crippen molar-refractivity contribution in [2.75, 3.05) is 5.88 Å². The first kappa shape index (κ1) is 15.6. The molecule has 2 rings (SSSR count). The van der Waals surface area contributed by atoms with Gasteiger partial charge in [-0.1, -0.05) is 64.5 Å². The van der Waals surface area contributed by atoms with Crippen molar-refractivity contribution in [3.8, 4) is 0 Å². The smallest absolute Gasteiger partial charge is 0.0254 e. The van der Waals surface area contributed by atoms with E-state index in [2.05, 4.69) is 70.5 Å². The molecule has 2 aromatic rings. The molecule has 0 aliphatic heterocycles. The van der Waals surface area contributed by atoms with E-state index in [4.69, 9.17) is 11.6 Å². The van der Waals surface area contributed by atoms with Crippen LogP contribution in [0.3, 0.4) is 0 Å². The molecule has 0 saturated heterocycles. The second-order valence-electron chi connectivity index (χ2n) is 5.19. The lowest BCUT2D eigenvalue weighted by atomic mass is 9.94. The molecule has 0 N–H and O–H groups in total. The Morgan fingerprint density at radius 3 is 2.35 bits per heavy atom. The molecule has 20 heavy (non-hydrogen) atoms. The molecule has 0 spiro atoms. The third-order valence-corrected chi connectivity index (χ3v) is 4.82. The van der Waals surface area contributed by atoms with Gasteiger partial charge in [-0.3, -0.25) is 0 Å². The van der Waals surface area contributed by atoms with E-state index < -0.39 is 0 Å². The van der Waals surface area contributed by atoms with Crippen LogP contribution in [-0.2, 0) is 12.8 Å². The normalized spacial score (nSPS) is 12.3. The minimum Gasteiger partial charge on any atom is -0.126 e. The van der Waals surface area contributed by atoms with Crippen LogP contribution >= 0.6 is 27.5 Å². The highest BCUT2D eigenvalue weighted by Gasteiger charge is 2.10. The molecule has 2 heteroatoms. The van der Waals surface area contributed by atoms with Crippen LogP contribution in [0.15, 0.2) is 59.1 Å². The molecule has 2 aromatic carbocycles. The fourth-order valence-electron chi connectivity index (χ4n) is 2.45. The van der Waals surface area contributed by atoms with Gasteiger partial charge >= 0.3 is 0 Å². The van der Waals surface area contributed by atoms with E-state index in [-0.39, 0.29) is 0 Å². The first-order valence-corrected chi connectivity index (χ1v) is 8.45. The van der Waals surface area contributed by atoms with Crippen LogP contribution in [0.4, 0.5) is 0 Å². The Bertz CT molecular complexity index is 510. The van der Waals surface area contributed by atoms with Crippen LogP contribution in [-0.4, -0.2) is 5.88 Å². The first-order chi connectivity index (χ1) is 9.79. The van der Waals surface area contributed by atoms with Crippen LogP contribution < -0.4 is 0 Å². The van der Waals surface area contributed by atoms with Crippen molar-refractivity contribution in [3.63, 3.8) is 0 Å². The Labute approximate surface area is 135 Å². The Kier molecular flexibility index (Phi) is 6.62. The van der Waals surface area contributed by atoms with Gasteiger partial charge in [-0.2, -0.15) is 0 Å². The highest BCUT2D eigenvalue weighted by molar-refractivity contribution is 9.10. The van der Waals surface area contributed by atoms with Crippen molar-refractivity contribution >= 4 is 27.5 Å². The molecule has 1 atom stereocenters. The monoisotopic (exact) mass is 350 g/mol. The molecule has 0 aliphatic rings. The SMILES string of the molecule is ClCC(CCCc1ccccc1)Cc1ccccc1Br. The molecule has 0 saturated carbocycles. The largest absolute Gasteiger partial charge is 0.126 e. The molecule has 1 unspecified atom stereocenters. The summed E-state index contributed by atoms with van der Waals surface area (Å²) in [6.45, 7) is 0. The lowest BCUT2D eigenvalue weighted by Gasteiger charge is -2.15. The number of halogens is 2. The van der Waals surface area contributed by atoms with Crippen molar-refractivity contribution in [2.24, 2.45) is 5.92 Å². The molecule has 0 aromatic heterocycles. The zero-order valence-electron chi connectivity index (χ0n) is 11.6. The van der Waals surface area contributed by atoms with Gasteiger partial charge < -0.3 is 0 Å². The van der Waals surface area contributed by atoms with Crippen molar-refractivity contribution in [1.82, 2.24) is 0 Å². The van der Waals surface area contributed by atoms with Gasteiger partial charge in [0, 0.05) is 10.4 Å². The van der Waals surface area contributed by atoms with Gasteiger partial charge in [0.2, 0.25) is 0 Å². The standard InChI is InChI=1S/C18H20BrCl/c19-18-12-5-4-11-17(18)13-16(14-20)10-6-9-15-7-2-1-3-8-15/h1-5,7-8,11-12,16H,6,9-10,13-14H2. The highest BCUT2D eigenvalue weighted by atomic mass is 79.9. The number of hydrogen-bond donors (Lipinski definition) is 0.